The Morgan fingerprint density at radius 1 is 1.43 bits per heavy atom. The minimum atomic E-state index is 0.639. The molecule has 0 atom stereocenters. The molecule has 1 saturated carbocycles. The van der Waals surface area contributed by atoms with Gasteiger partial charge in [0, 0.05) is 5.92 Å². The number of hydrogen-bond donors (Lipinski definition) is 1. The van der Waals surface area contributed by atoms with Crippen LogP contribution in [0.25, 0.3) is 10.7 Å². The Morgan fingerprint density at radius 3 is 2.93 bits per heavy atom. The molecule has 0 unspecified atom stereocenters. The van der Waals surface area contributed by atoms with Gasteiger partial charge in [-0.15, -0.1) is 11.3 Å². The van der Waals surface area contributed by atoms with Gasteiger partial charge in [-0.2, -0.15) is 5.10 Å². The van der Waals surface area contributed by atoms with Crippen molar-refractivity contribution in [3.05, 3.63) is 21.7 Å². The zero-order valence-corrected chi connectivity index (χ0v) is 9.73. The molecule has 14 heavy (non-hydrogen) atoms. The van der Waals surface area contributed by atoms with Crippen LogP contribution in [0, 0.1) is 0 Å². The summed E-state index contributed by atoms with van der Waals surface area (Å²) in [6, 6.07) is 4.06. The summed E-state index contributed by atoms with van der Waals surface area (Å²) in [6.07, 6.45) is 2.51. The standard InChI is InChI=1S/C9H8BrN3S/c10-7-4-3-6(14-7)9-11-8(12-13-9)5-1-2-5/h3-5H,1-2H2,(H,11,12,13). The summed E-state index contributed by atoms with van der Waals surface area (Å²) in [5.41, 5.74) is 0. The largest absolute Gasteiger partial charge is 0.262 e. The Kier molecular flexibility index (Phi) is 1.95. The van der Waals surface area contributed by atoms with E-state index in [-0.39, 0.29) is 0 Å². The van der Waals surface area contributed by atoms with Gasteiger partial charge in [-0.1, -0.05) is 0 Å². The van der Waals surface area contributed by atoms with Crippen molar-refractivity contribution >= 4 is 27.3 Å². The monoisotopic (exact) mass is 269 g/mol. The van der Waals surface area contributed by atoms with Gasteiger partial charge >= 0.3 is 0 Å². The van der Waals surface area contributed by atoms with E-state index in [2.05, 4.69) is 31.1 Å². The number of hydrogen-bond acceptors (Lipinski definition) is 3. The second-order valence-corrected chi connectivity index (χ2v) is 5.89. The van der Waals surface area contributed by atoms with Crippen LogP contribution in [-0.2, 0) is 0 Å². The van der Waals surface area contributed by atoms with Crippen LogP contribution in [0.3, 0.4) is 0 Å². The van der Waals surface area contributed by atoms with Crippen LogP contribution in [0.1, 0.15) is 24.6 Å². The number of halogens is 1. The molecule has 0 bridgehead atoms. The predicted molar refractivity (Wildman–Crippen MR) is 59.4 cm³/mol. The summed E-state index contributed by atoms with van der Waals surface area (Å²) >= 11 is 5.09. The van der Waals surface area contributed by atoms with Crippen LogP contribution in [0.15, 0.2) is 15.9 Å². The summed E-state index contributed by atoms with van der Waals surface area (Å²) in [5, 5.41) is 7.22. The normalized spacial score (nSPS) is 16.1. The summed E-state index contributed by atoms with van der Waals surface area (Å²) in [7, 11) is 0. The van der Waals surface area contributed by atoms with Crippen LogP contribution >= 0.6 is 27.3 Å². The first-order valence-electron chi connectivity index (χ1n) is 4.51. The van der Waals surface area contributed by atoms with Crippen LogP contribution in [0.4, 0.5) is 0 Å². The highest BCUT2D eigenvalue weighted by Gasteiger charge is 2.27. The Morgan fingerprint density at radius 2 is 2.29 bits per heavy atom. The van der Waals surface area contributed by atoms with E-state index in [0.717, 1.165) is 20.3 Å². The molecule has 1 aliphatic carbocycles. The highest BCUT2D eigenvalue weighted by atomic mass is 79.9. The average molecular weight is 270 g/mol. The maximum atomic E-state index is 4.48. The second kappa shape index (κ2) is 3.17. The number of rotatable bonds is 2. The van der Waals surface area contributed by atoms with Gasteiger partial charge in [-0.3, -0.25) is 5.10 Å². The van der Waals surface area contributed by atoms with Crippen LogP contribution in [0.5, 0.6) is 0 Å². The zero-order chi connectivity index (χ0) is 9.54. The van der Waals surface area contributed by atoms with Gasteiger partial charge in [0.25, 0.3) is 0 Å². The molecule has 72 valence electrons. The van der Waals surface area contributed by atoms with E-state index in [9.17, 15) is 0 Å². The molecule has 0 saturated heterocycles. The molecule has 0 aromatic carbocycles. The maximum Gasteiger partial charge on any atom is 0.191 e. The highest BCUT2D eigenvalue weighted by Crippen LogP contribution is 2.39. The summed E-state index contributed by atoms with van der Waals surface area (Å²) in [5.74, 6) is 2.51. The van der Waals surface area contributed by atoms with Crippen molar-refractivity contribution in [2.45, 2.75) is 18.8 Å². The summed E-state index contributed by atoms with van der Waals surface area (Å²) < 4.78 is 1.12. The zero-order valence-electron chi connectivity index (χ0n) is 7.33. The van der Waals surface area contributed by atoms with Gasteiger partial charge in [0.2, 0.25) is 0 Å². The Balaban J connectivity index is 1.95. The topological polar surface area (TPSA) is 41.6 Å². The van der Waals surface area contributed by atoms with E-state index in [1.165, 1.54) is 12.8 Å². The number of H-pyrrole nitrogens is 1. The number of thiophene rings is 1. The predicted octanol–water partition coefficient (Wildman–Crippen LogP) is 3.17. The van der Waals surface area contributed by atoms with Crippen molar-refractivity contribution in [1.29, 1.82) is 0 Å². The molecular formula is C9H8BrN3S. The minimum absolute atomic E-state index is 0.639. The van der Waals surface area contributed by atoms with Crippen molar-refractivity contribution in [3.63, 3.8) is 0 Å². The number of nitrogens with one attached hydrogen (secondary N) is 1. The molecule has 2 heterocycles. The molecule has 1 fully saturated rings. The molecule has 2 aromatic heterocycles. The summed E-state index contributed by atoms with van der Waals surface area (Å²) in [4.78, 5) is 5.59. The third-order valence-electron chi connectivity index (χ3n) is 2.26. The minimum Gasteiger partial charge on any atom is -0.262 e. The fourth-order valence-corrected chi connectivity index (χ4v) is 2.68. The first-order valence-corrected chi connectivity index (χ1v) is 6.12. The smallest absolute Gasteiger partial charge is 0.191 e. The molecule has 0 radical (unpaired) electrons. The van der Waals surface area contributed by atoms with Crippen LogP contribution < -0.4 is 0 Å². The van der Waals surface area contributed by atoms with Crippen molar-refractivity contribution in [3.8, 4) is 10.7 Å². The quantitative estimate of drug-likeness (QED) is 0.910. The van der Waals surface area contributed by atoms with E-state index in [1.807, 2.05) is 12.1 Å². The van der Waals surface area contributed by atoms with E-state index >= 15 is 0 Å². The summed E-state index contributed by atoms with van der Waals surface area (Å²) in [6.45, 7) is 0. The molecule has 1 aliphatic rings. The van der Waals surface area contributed by atoms with Gasteiger partial charge in [-0.05, 0) is 40.9 Å². The van der Waals surface area contributed by atoms with Gasteiger partial charge in [-0.25, -0.2) is 4.98 Å². The number of nitrogens with zero attached hydrogens (tertiary/aromatic N) is 2. The Labute approximate surface area is 93.7 Å². The first kappa shape index (κ1) is 8.61. The maximum absolute atomic E-state index is 4.48. The van der Waals surface area contributed by atoms with Gasteiger partial charge in [0.05, 0.1) is 8.66 Å². The molecule has 0 amide bonds. The van der Waals surface area contributed by atoms with Crippen LogP contribution in [0.2, 0.25) is 0 Å². The fraction of sp³-hybridized carbons (Fsp3) is 0.333. The second-order valence-electron chi connectivity index (χ2n) is 3.42. The van der Waals surface area contributed by atoms with Crippen molar-refractivity contribution in [2.24, 2.45) is 0 Å². The molecule has 5 heteroatoms. The van der Waals surface area contributed by atoms with E-state index in [1.54, 1.807) is 11.3 Å². The number of aromatic nitrogens is 3. The molecular weight excluding hydrogens is 262 g/mol. The molecule has 2 aromatic rings. The third-order valence-corrected chi connectivity index (χ3v) is 3.88. The SMILES string of the molecule is Brc1ccc(-c2n[nH]c(C3CC3)n2)s1. The van der Waals surface area contributed by atoms with Gasteiger partial charge < -0.3 is 0 Å². The fourth-order valence-electron chi connectivity index (χ4n) is 1.36. The average Bonchev–Trinajstić information content (AvgIpc) is 2.76. The van der Waals surface area contributed by atoms with Crippen molar-refractivity contribution in [2.75, 3.05) is 0 Å². The lowest BCUT2D eigenvalue weighted by molar-refractivity contribution is 0.935. The van der Waals surface area contributed by atoms with Crippen LogP contribution in [-0.4, -0.2) is 15.2 Å². The first-order chi connectivity index (χ1) is 6.83. The Bertz CT molecular complexity index is 458. The molecule has 3 rings (SSSR count). The van der Waals surface area contributed by atoms with Crippen molar-refractivity contribution < 1.29 is 0 Å². The molecule has 1 N–H and O–H groups in total. The van der Waals surface area contributed by atoms with E-state index in [4.69, 9.17) is 0 Å². The van der Waals surface area contributed by atoms with Gasteiger partial charge in [0.1, 0.15) is 5.82 Å². The van der Waals surface area contributed by atoms with E-state index in [0.29, 0.717) is 5.92 Å². The molecule has 3 nitrogen and oxygen atoms in total. The van der Waals surface area contributed by atoms with E-state index < -0.39 is 0 Å². The van der Waals surface area contributed by atoms with Gasteiger partial charge in [0.15, 0.2) is 5.82 Å². The Hall–Kier alpha value is -0.680. The highest BCUT2D eigenvalue weighted by molar-refractivity contribution is 9.11. The lowest BCUT2D eigenvalue weighted by Gasteiger charge is -1.85. The van der Waals surface area contributed by atoms with Crippen molar-refractivity contribution in [1.82, 2.24) is 15.2 Å². The third kappa shape index (κ3) is 1.50. The molecule has 0 spiro atoms. The molecule has 0 aliphatic heterocycles. The lowest BCUT2D eigenvalue weighted by Crippen LogP contribution is -1.80. The lowest BCUT2D eigenvalue weighted by atomic mass is 10.4. The number of aromatic amines is 1.